The molecule has 168 valence electrons. The van der Waals surface area contributed by atoms with E-state index in [0.717, 1.165) is 16.9 Å². The molecular formula is C26H22ClFN2O3. The van der Waals surface area contributed by atoms with E-state index in [1.807, 2.05) is 19.9 Å². The number of carbonyl (C=O) groups excluding carboxylic acids is 2. The second-order valence-corrected chi connectivity index (χ2v) is 8.04. The summed E-state index contributed by atoms with van der Waals surface area (Å²) in [6.45, 7) is 4.47. The lowest BCUT2D eigenvalue weighted by molar-refractivity contribution is -0.120. The molecule has 0 radical (unpaired) electrons. The van der Waals surface area contributed by atoms with E-state index in [1.54, 1.807) is 36.4 Å². The van der Waals surface area contributed by atoms with Crippen LogP contribution in [0.5, 0.6) is 5.75 Å². The first-order chi connectivity index (χ1) is 15.9. The van der Waals surface area contributed by atoms with Crippen molar-refractivity contribution in [1.82, 2.24) is 0 Å². The number of halogens is 2. The first kappa shape index (κ1) is 22.6. The Balaban J connectivity index is 1.76. The predicted octanol–water partition coefficient (Wildman–Crippen LogP) is 5.97. The van der Waals surface area contributed by atoms with Gasteiger partial charge in [0.1, 0.15) is 17.3 Å². The number of anilines is 2. The molecule has 0 fully saturated rings. The third-order valence-corrected chi connectivity index (χ3v) is 5.63. The number of aryl methyl sites for hydroxylation is 1. The summed E-state index contributed by atoms with van der Waals surface area (Å²) in [7, 11) is 0. The van der Waals surface area contributed by atoms with Crippen molar-refractivity contribution in [3.05, 3.63) is 94.4 Å². The Morgan fingerprint density at radius 2 is 1.67 bits per heavy atom. The van der Waals surface area contributed by atoms with Gasteiger partial charge in [-0.05, 0) is 73.0 Å². The number of hydrogen-bond acceptors (Lipinski definition) is 4. The highest BCUT2D eigenvalue weighted by molar-refractivity contribution is 6.46. The van der Waals surface area contributed by atoms with E-state index < -0.39 is 17.6 Å². The Morgan fingerprint density at radius 3 is 2.30 bits per heavy atom. The smallest absolute Gasteiger partial charge is 0.282 e. The third-order valence-electron chi connectivity index (χ3n) is 5.23. The van der Waals surface area contributed by atoms with Gasteiger partial charge in [0.25, 0.3) is 11.8 Å². The van der Waals surface area contributed by atoms with Crippen molar-refractivity contribution in [3.63, 3.8) is 0 Å². The van der Waals surface area contributed by atoms with E-state index >= 15 is 0 Å². The summed E-state index contributed by atoms with van der Waals surface area (Å²) in [5, 5.41) is 3.61. The Morgan fingerprint density at radius 1 is 0.970 bits per heavy atom. The Hall–Kier alpha value is -3.64. The van der Waals surface area contributed by atoms with Crippen LogP contribution in [0.25, 0.3) is 5.57 Å². The van der Waals surface area contributed by atoms with Gasteiger partial charge >= 0.3 is 0 Å². The highest BCUT2D eigenvalue weighted by Gasteiger charge is 2.40. The summed E-state index contributed by atoms with van der Waals surface area (Å²) >= 11 is 6.25. The summed E-state index contributed by atoms with van der Waals surface area (Å²) in [4.78, 5) is 27.9. The highest BCUT2D eigenvalue weighted by Crippen LogP contribution is 2.35. The Labute approximate surface area is 196 Å². The standard InChI is InChI=1S/C26H22ClFN2O3/c1-3-14-33-21-12-5-17(6-13-21)23-24(29-19-9-4-16(2)22(27)15-19)26(32)30(25(23)31)20-10-7-18(28)8-11-20/h4-13,15,29H,3,14H2,1-2H3. The van der Waals surface area contributed by atoms with Crippen molar-refractivity contribution >= 4 is 40.4 Å². The molecule has 5 nitrogen and oxygen atoms in total. The van der Waals surface area contributed by atoms with Crippen molar-refractivity contribution in [1.29, 1.82) is 0 Å². The lowest BCUT2D eigenvalue weighted by Gasteiger charge is -2.15. The number of imide groups is 1. The first-order valence-electron chi connectivity index (χ1n) is 10.5. The van der Waals surface area contributed by atoms with Gasteiger partial charge in [-0.1, -0.05) is 36.7 Å². The number of amides is 2. The van der Waals surface area contributed by atoms with Crippen LogP contribution in [0.4, 0.5) is 15.8 Å². The third kappa shape index (κ3) is 4.61. The van der Waals surface area contributed by atoms with Gasteiger partial charge in [-0.3, -0.25) is 9.59 Å². The molecule has 1 heterocycles. The summed E-state index contributed by atoms with van der Waals surface area (Å²) < 4.78 is 19.1. The van der Waals surface area contributed by atoms with Crippen molar-refractivity contribution in [2.24, 2.45) is 0 Å². The SMILES string of the molecule is CCCOc1ccc(C2=C(Nc3ccc(C)c(Cl)c3)C(=O)N(c3ccc(F)cc3)C2=O)cc1. The van der Waals surface area contributed by atoms with Crippen molar-refractivity contribution in [2.45, 2.75) is 20.3 Å². The zero-order valence-corrected chi connectivity index (χ0v) is 18.9. The van der Waals surface area contributed by atoms with Gasteiger partial charge in [0.2, 0.25) is 0 Å². The second-order valence-electron chi connectivity index (χ2n) is 7.63. The number of nitrogens with zero attached hydrogens (tertiary/aromatic N) is 1. The maximum atomic E-state index is 13.4. The average Bonchev–Trinajstić information content (AvgIpc) is 3.05. The minimum absolute atomic E-state index is 0.117. The summed E-state index contributed by atoms with van der Waals surface area (Å²) in [6, 6.07) is 17.5. The van der Waals surface area contributed by atoms with Gasteiger partial charge in [0.05, 0.1) is 17.9 Å². The molecule has 0 saturated heterocycles. The molecule has 1 aliphatic rings. The fraction of sp³-hybridized carbons (Fsp3) is 0.154. The van der Waals surface area contributed by atoms with Crippen LogP contribution in [0.3, 0.4) is 0 Å². The predicted molar refractivity (Wildman–Crippen MR) is 128 cm³/mol. The molecule has 0 unspecified atom stereocenters. The molecule has 7 heteroatoms. The topological polar surface area (TPSA) is 58.6 Å². The van der Waals surface area contributed by atoms with Crippen LogP contribution in [-0.4, -0.2) is 18.4 Å². The molecule has 0 aromatic heterocycles. The van der Waals surface area contributed by atoms with Crippen LogP contribution in [0, 0.1) is 12.7 Å². The van der Waals surface area contributed by atoms with Crippen molar-refractivity contribution < 1.29 is 18.7 Å². The largest absolute Gasteiger partial charge is 0.494 e. The first-order valence-corrected chi connectivity index (χ1v) is 10.9. The highest BCUT2D eigenvalue weighted by atomic mass is 35.5. The summed E-state index contributed by atoms with van der Waals surface area (Å²) in [5.41, 5.74) is 2.63. The molecule has 0 bridgehead atoms. The molecule has 0 saturated carbocycles. The lowest BCUT2D eigenvalue weighted by atomic mass is 10.0. The van der Waals surface area contributed by atoms with Crippen LogP contribution < -0.4 is 15.0 Å². The number of rotatable bonds is 7. The molecule has 0 aliphatic carbocycles. The van der Waals surface area contributed by atoms with Gasteiger partial charge in [-0.2, -0.15) is 0 Å². The number of hydrogen-bond donors (Lipinski definition) is 1. The van der Waals surface area contributed by atoms with Crippen LogP contribution >= 0.6 is 11.6 Å². The number of benzene rings is 3. The molecule has 0 atom stereocenters. The van der Waals surface area contributed by atoms with Crippen LogP contribution in [-0.2, 0) is 9.59 Å². The zero-order valence-electron chi connectivity index (χ0n) is 18.2. The second kappa shape index (κ2) is 9.46. The monoisotopic (exact) mass is 464 g/mol. The molecule has 1 N–H and O–H groups in total. The summed E-state index contributed by atoms with van der Waals surface area (Å²) in [5.74, 6) is -0.825. The van der Waals surface area contributed by atoms with E-state index in [4.69, 9.17) is 16.3 Å². The lowest BCUT2D eigenvalue weighted by Crippen LogP contribution is -2.32. The van der Waals surface area contributed by atoms with Gasteiger partial charge in [-0.15, -0.1) is 0 Å². The number of carbonyl (C=O) groups is 2. The van der Waals surface area contributed by atoms with Gasteiger partial charge < -0.3 is 10.1 Å². The van der Waals surface area contributed by atoms with E-state index in [0.29, 0.717) is 28.6 Å². The molecular weight excluding hydrogens is 443 g/mol. The van der Waals surface area contributed by atoms with Gasteiger partial charge in [0, 0.05) is 10.7 Å². The number of nitrogens with one attached hydrogen (secondary N) is 1. The summed E-state index contributed by atoms with van der Waals surface area (Å²) in [6.07, 6.45) is 0.875. The Kier molecular flexibility index (Phi) is 6.47. The molecule has 1 aliphatic heterocycles. The van der Waals surface area contributed by atoms with E-state index in [2.05, 4.69) is 5.32 Å². The molecule has 3 aromatic rings. The zero-order chi connectivity index (χ0) is 23.5. The van der Waals surface area contributed by atoms with E-state index in [9.17, 15) is 14.0 Å². The molecule has 0 spiro atoms. The van der Waals surface area contributed by atoms with Crippen molar-refractivity contribution in [2.75, 3.05) is 16.8 Å². The number of ether oxygens (including phenoxy) is 1. The quantitative estimate of drug-likeness (QED) is 0.437. The molecule has 3 aromatic carbocycles. The van der Waals surface area contributed by atoms with Gasteiger partial charge in [0.15, 0.2) is 0 Å². The maximum Gasteiger partial charge on any atom is 0.282 e. The van der Waals surface area contributed by atoms with Gasteiger partial charge in [-0.25, -0.2) is 9.29 Å². The van der Waals surface area contributed by atoms with E-state index in [-0.39, 0.29) is 17.0 Å². The normalized spacial score (nSPS) is 13.6. The minimum Gasteiger partial charge on any atom is -0.494 e. The van der Waals surface area contributed by atoms with Crippen LogP contribution in [0.1, 0.15) is 24.5 Å². The van der Waals surface area contributed by atoms with Crippen molar-refractivity contribution in [3.8, 4) is 5.75 Å². The average molecular weight is 465 g/mol. The maximum absolute atomic E-state index is 13.4. The van der Waals surface area contributed by atoms with Crippen LogP contribution in [0.2, 0.25) is 5.02 Å². The van der Waals surface area contributed by atoms with E-state index in [1.165, 1.54) is 24.3 Å². The molecule has 2 amide bonds. The fourth-order valence-corrected chi connectivity index (χ4v) is 3.67. The molecule has 4 rings (SSSR count). The Bertz CT molecular complexity index is 1240. The fourth-order valence-electron chi connectivity index (χ4n) is 3.49. The molecule has 33 heavy (non-hydrogen) atoms. The minimum atomic E-state index is -0.537. The van der Waals surface area contributed by atoms with Crippen LogP contribution in [0.15, 0.2) is 72.4 Å².